The SMILES string of the molecule is O=C(NCCC1=CCCCC1)c1ccc2c(c1)CCC(CCN1CCC(c3ccccc3)CC1)C2=O. The lowest BCUT2D eigenvalue weighted by atomic mass is 9.80. The number of hydrogen-bond acceptors (Lipinski definition) is 3. The highest BCUT2D eigenvalue weighted by atomic mass is 16.1. The van der Waals surface area contributed by atoms with Gasteiger partial charge in [0.1, 0.15) is 0 Å². The van der Waals surface area contributed by atoms with Crippen molar-refractivity contribution in [3.05, 3.63) is 82.4 Å². The Labute approximate surface area is 216 Å². The van der Waals surface area contributed by atoms with E-state index in [2.05, 4.69) is 46.6 Å². The number of allylic oxidation sites excluding steroid dienone is 1. The fraction of sp³-hybridized carbons (Fsp3) is 0.500. The van der Waals surface area contributed by atoms with Crippen molar-refractivity contribution in [3.63, 3.8) is 0 Å². The molecule has 1 heterocycles. The molecule has 36 heavy (non-hydrogen) atoms. The van der Waals surface area contributed by atoms with Crippen LogP contribution in [0.2, 0.25) is 0 Å². The molecular weight excluding hydrogens is 444 g/mol. The Morgan fingerprint density at radius 1 is 0.972 bits per heavy atom. The molecule has 1 unspecified atom stereocenters. The summed E-state index contributed by atoms with van der Waals surface area (Å²) >= 11 is 0. The number of carbonyl (C=O) groups is 2. The van der Waals surface area contributed by atoms with Gasteiger partial charge in [0.2, 0.25) is 0 Å². The number of nitrogens with zero attached hydrogens (tertiary/aromatic N) is 1. The van der Waals surface area contributed by atoms with Crippen LogP contribution in [0.5, 0.6) is 0 Å². The van der Waals surface area contributed by atoms with Gasteiger partial charge >= 0.3 is 0 Å². The van der Waals surface area contributed by atoms with E-state index in [1.165, 1.54) is 49.7 Å². The smallest absolute Gasteiger partial charge is 0.251 e. The summed E-state index contributed by atoms with van der Waals surface area (Å²) in [5.41, 5.74) is 5.49. The third-order valence-corrected chi connectivity index (χ3v) is 8.53. The van der Waals surface area contributed by atoms with Crippen LogP contribution in [0.1, 0.15) is 95.5 Å². The molecule has 0 saturated carbocycles. The molecule has 2 aromatic rings. The molecule has 1 atom stereocenters. The molecule has 190 valence electrons. The molecular formula is C32H40N2O2. The van der Waals surface area contributed by atoms with E-state index >= 15 is 0 Å². The van der Waals surface area contributed by atoms with Gasteiger partial charge in [0.25, 0.3) is 5.91 Å². The first-order valence-corrected chi connectivity index (χ1v) is 14.1. The van der Waals surface area contributed by atoms with Crippen molar-refractivity contribution in [3.8, 4) is 0 Å². The zero-order chi connectivity index (χ0) is 24.7. The number of nitrogens with one attached hydrogen (secondary N) is 1. The Balaban J connectivity index is 1.09. The topological polar surface area (TPSA) is 49.4 Å². The maximum absolute atomic E-state index is 13.2. The molecule has 1 saturated heterocycles. The summed E-state index contributed by atoms with van der Waals surface area (Å²) in [5, 5.41) is 3.07. The molecule has 5 rings (SSSR count). The third-order valence-electron chi connectivity index (χ3n) is 8.53. The summed E-state index contributed by atoms with van der Waals surface area (Å²) in [6.45, 7) is 3.93. The first-order valence-electron chi connectivity index (χ1n) is 14.1. The molecule has 0 spiro atoms. The van der Waals surface area contributed by atoms with Gasteiger partial charge in [0, 0.05) is 23.6 Å². The molecule has 4 heteroatoms. The van der Waals surface area contributed by atoms with E-state index in [0.717, 1.165) is 56.4 Å². The first-order chi connectivity index (χ1) is 17.7. The van der Waals surface area contributed by atoms with Crippen molar-refractivity contribution < 1.29 is 9.59 Å². The second-order valence-corrected chi connectivity index (χ2v) is 10.9. The molecule has 0 bridgehead atoms. The van der Waals surface area contributed by atoms with Gasteiger partial charge in [0.15, 0.2) is 5.78 Å². The summed E-state index contributed by atoms with van der Waals surface area (Å²) < 4.78 is 0. The molecule has 0 aromatic heterocycles. The van der Waals surface area contributed by atoms with E-state index in [1.54, 1.807) is 0 Å². The highest BCUT2D eigenvalue weighted by molar-refractivity contribution is 6.02. The highest BCUT2D eigenvalue weighted by Gasteiger charge is 2.29. The van der Waals surface area contributed by atoms with Crippen LogP contribution in [0, 0.1) is 5.92 Å². The number of aryl methyl sites for hydroxylation is 1. The summed E-state index contributed by atoms with van der Waals surface area (Å²) in [6, 6.07) is 16.6. The summed E-state index contributed by atoms with van der Waals surface area (Å²) in [6.07, 6.45) is 13.3. The molecule has 1 N–H and O–H groups in total. The quantitative estimate of drug-likeness (QED) is 0.446. The summed E-state index contributed by atoms with van der Waals surface area (Å²) in [7, 11) is 0. The summed E-state index contributed by atoms with van der Waals surface area (Å²) in [4.78, 5) is 28.5. The second-order valence-electron chi connectivity index (χ2n) is 10.9. The molecule has 0 radical (unpaired) electrons. The number of fused-ring (bicyclic) bond motifs is 1. The minimum atomic E-state index is -0.0253. The molecule has 1 amide bonds. The van der Waals surface area contributed by atoms with Crippen molar-refractivity contribution in [2.24, 2.45) is 5.92 Å². The number of Topliss-reactive ketones (excluding diaryl/α,β-unsaturated/α-hetero) is 1. The Morgan fingerprint density at radius 3 is 2.58 bits per heavy atom. The van der Waals surface area contributed by atoms with Crippen LogP contribution in [-0.2, 0) is 6.42 Å². The van der Waals surface area contributed by atoms with Crippen LogP contribution >= 0.6 is 0 Å². The van der Waals surface area contributed by atoms with Crippen molar-refractivity contribution in [1.82, 2.24) is 10.2 Å². The number of likely N-dealkylation sites (tertiary alicyclic amines) is 1. The van der Waals surface area contributed by atoms with Gasteiger partial charge in [0.05, 0.1) is 0 Å². The van der Waals surface area contributed by atoms with Gasteiger partial charge in [-0.1, -0.05) is 48.0 Å². The normalized spacial score (nSPS) is 21.1. The van der Waals surface area contributed by atoms with Crippen LogP contribution in [0.3, 0.4) is 0 Å². The maximum atomic E-state index is 13.2. The van der Waals surface area contributed by atoms with E-state index in [1.807, 2.05) is 18.2 Å². The van der Waals surface area contributed by atoms with Gasteiger partial charge in [-0.2, -0.15) is 0 Å². The van der Waals surface area contributed by atoms with Crippen LogP contribution in [0.4, 0.5) is 0 Å². The number of amides is 1. The van der Waals surface area contributed by atoms with Crippen LogP contribution in [0.15, 0.2) is 60.2 Å². The van der Waals surface area contributed by atoms with Crippen LogP contribution in [0.25, 0.3) is 0 Å². The third kappa shape index (κ3) is 6.15. The predicted octanol–water partition coefficient (Wildman–Crippen LogP) is 6.32. The van der Waals surface area contributed by atoms with Crippen molar-refractivity contribution >= 4 is 11.7 Å². The van der Waals surface area contributed by atoms with E-state index < -0.39 is 0 Å². The van der Waals surface area contributed by atoms with Crippen LogP contribution in [-0.4, -0.2) is 42.8 Å². The lowest BCUT2D eigenvalue weighted by molar-refractivity contribution is 0.0875. The fourth-order valence-electron chi connectivity index (χ4n) is 6.26. The number of ketones is 1. The molecule has 4 nitrogen and oxygen atoms in total. The minimum absolute atomic E-state index is 0.0253. The van der Waals surface area contributed by atoms with E-state index in [9.17, 15) is 9.59 Å². The number of rotatable bonds is 8. The number of benzene rings is 2. The standard InChI is InChI=1S/C32H40N2O2/c35-31-27(18-22-34-20-16-26(17-21-34)25-9-5-2-6-10-25)11-12-28-23-29(13-14-30(28)31)32(36)33-19-15-24-7-3-1-4-8-24/h2,5-7,9-10,13-14,23,26-27H,1,3-4,8,11-12,15-22H2,(H,33,36). The minimum Gasteiger partial charge on any atom is -0.352 e. The monoisotopic (exact) mass is 484 g/mol. The highest BCUT2D eigenvalue weighted by Crippen LogP contribution is 2.31. The van der Waals surface area contributed by atoms with Gasteiger partial charge < -0.3 is 10.2 Å². The Morgan fingerprint density at radius 2 is 1.81 bits per heavy atom. The zero-order valence-corrected chi connectivity index (χ0v) is 21.5. The lowest BCUT2D eigenvalue weighted by Gasteiger charge is -2.33. The average Bonchev–Trinajstić information content (AvgIpc) is 2.94. The Kier molecular flexibility index (Phi) is 8.32. The van der Waals surface area contributed by atoms with Crippen molar-refractivity contribution in [2.75, 3.05) is 26.2 Å². The number of carbonyl (C=O) groups excluding carboxylic acids is 2. The van der Waals surface area contributed by atoms with Gasteiger partial charge in [-0.05, 0) is 113 Å². The molecule has 3 aliphatic rings. The molecule has 1 aliphatic heterocycles. The van der Waals surface area contributed by atoms with Gasteiger partial charge in [-0.25, -0.2) is 0 Å². The largest absolute Gasteiger partial charge is 0.352 e. The lowest BCUT2D eigenvalue weighted by Crippen LogP contribution is -2.35. The van der Waals surface area contributed by atoms with Crippen molar-refractivity contribution in [2.45, 2.75) is 70.1 Å². The predicted molar refractivity (Wildman–Crippen MR) is 146 cm³/mol. The maximum Gasteiger partial charge on any atom is 0.251 e. The molecule has 2 aromatic carbocycles. The van der Waals surface area contributed by atoms with E-state index in [-0.39, 0.29) is 17.6 Å². The van der Waals surface area contributed by atoms with Crippen molar-refractivity contribution in [1.29, 1.82) is 0 Å². The van der Waals surface area contributed by atoms with Crippen LogP contribution < -0.4 is 5.32 Å². The molecule has 1 fully saturated rings. The zero-order valence-electron chi connectivity index (χ0n) is 21.5. The van der Waals surface area contributed by atoms with Gasteiger partial charge in [-0.15, -0.1) is 0 Å². The average molecular weight is 485 g/mol. The first kappa shape index (κ1) is 25.0. The summed E-state index contributed by atoms with van der Waals surface area (Å²) in [5.74, 6) is 1.02. The Hall–Kier alpha value is -2.72. The molecule has 2 aliphatic carbocycles. The second kappa shape index (κ2) is 12.0. The number of piperidine rings is 1. The fourth-order valence-corrected chi connectivity index (χ4v) is 6.26. The van der Waals surface area contributed by atoms with E-state index in [0.29, 0.717) is 18.0 Å². The van der Waals surface area contributed by atoms with Gasteiger partial charge in [-0.3, -0.25) is 9.59 Å². The number of hydrogen-bond donors (Lipinski definition) is 1. The van der Waals surface area contributed by atoms with E-state index in [4.69, 9.17) is 0 Å². The Bertz CT molecular complexity index is 1080.